The van der Waals surface area contributed by atoms with Crippen LogP contribution in [0.15, 0.2) is 0 Å². The van der Waals surface area contributed by atoms with Gasteiger partial charge in [-0.15, -0.1) is 33.8 Å². The highest BCUT2D eigenvalue weighted by Crippen LogP contribution is 2.26. The van der Waals surface area contributed by atoms with Crippen molar-refractivity contribution in [2.24, 2.45) is 0 Å². The fourth-order valence-corrected chi connectivity index (χ4v) is 3.05. The topological polar surface area (TPSA) is 0 Å². The van der Waals surface area contributed by atoms with Crippen LogP contribution in [0.1, 0.15) is 20.3 Å². The van der Waals surface area contributed by atoms with Crippen molar-refractivity contribution >= 4 is 41.2 Å². The Hall–Kier alpha value is 1.09. The molecule has 0 aliphatic heterocycles. The molecule has 0 fully saturated rings. The zero-order valence-corrected chi connectivity index (χ0v) is 9.00. The van der Waals surface area contributed by atoms with E-state index in [2.05, 4.69) is 0 Å². The van der Waals surface area contributed by atoms with Crippen LogP contribution in [0, 0.1) is 0 Å². The molecule has 9 heavy (non-hydrogen) atoms. The molecule has 0 saturated heterocycles. The zero-order chi connectivity index (χ0) is 7.44. The fourth-order valence-electron chi connectivity index (χ4n) is 0.530. The maximum Gasteiger partial charge on any atom is 0.241 e. The summed E-state index contributed by atoms with van der Waals surface area (Å²) in [5.41, 5.74) is 0.319. The fraction of sp³-hybridized carbons (Fsp3) is 1.00. The highest BCUT2D eigenvalue weighted by atomic mass is 35.7. The normalized spacial score (nSPS) is 18.0. The van der Waals surface area contributed by atoms with E-state index in [9.17, 15) is 0 Å². The van der Waals surface area contributed by atoms with Gasteiger partial charge in [-0.05, 0) is 12.0 Å². The number of halogens is 3. The van der Waals surface area contributed by atoms with Gasteiger partial charge in [-0.1, -0.05) is 13.8 Å². The van der Waals surface area contributed by atoms with Crippen molar-refractivity contribution in [3.05, 3.63) is 0 Å². The largest absolute Gasteiger partial charge is 0.241 e. The molecule has 0 aliphatic carbocycles. The van der Waals surface area contributed by atoms with E-state index in [1.54, 1.807) is 0 Å². The molecule has 2 atom stereocenters. The highest BCUT2D eigenvalue weighted by molar-refractivity contribution is 7.34. The van der Waals surface area contributed by atoms with E-state index in [1.165, 1.54) is 0 Å². The smallest absolute Gasteiger partial charge is 0.150 e. The third-order valence-electron chi connectivity index (χ3n) is 1.36. The lowest BCUT2D eigenvalue weighted by molar-refractivity contribution is 0.775. The average Bonchev–Trinajstić information content (AvgIpc) is 1.84. The van der Waals surface area contributed by atoms with Crippen LogP contribution in [0.4, 0.5) is 0 Å². The van der Waals surface area contributed by atoms with Gasteiger partial charge in [-0.3, -0.25) is 0 Å². The Labute approximate surface area is 72.5 Å². The van der Waals surface area contributed by atoms with Gasteiger partial charge in [-0.25, -0.2) is 0 Å². The summed E-state index contributed by atoms with van der Waals surface area (Å²) in [6.07, 6.45) is 0.950. The van der Waals surface area contributed by atoms with Gasteiger partial charge in [0, 0.05) is 5.38 Å². The summed E-state index contributed by atoms with van der Waals surface area (Å²) in [5.74, 6) is 0. The number of rotatable bonds is 3. The Morgan fingerprint density at radius 1 is 1.44 bits per heavy atom. The molecule has 2 unspecified atom stereocenters. The lowest BCUT2D eigenvalue weighted by atomic mass is 10.3. The van der Waals surface area contributed by atoms with Gasteiger partial charge in [0.1, 0.15) is 0 Å². The Morgan fingerprint density at radius 2 is 1.89 bits per heavy atom. The van der Waals surface area contributed by atoms with E-state index >= 15 is 0 Å². The molecule has 0 aromatic heterocycles. The SMILES string of the molecule is CCC(Cl)C(C)[SiH](Cl)Cl. The third-order valence-corrected chi connectivity index (χ3v) is 5.95. The van der Waals surface area contributed by atoms with E-state index in [4.69, 9.17) is 33.8 Å². The van der Waals surface area contributed by atoms with Crippen molar-refractivity contribution in [3.8, 4) is 0 Å². The van der Waals surface area contributed by atoms with Crippen LogP contribution in [0.2, 0.25) is 5.54 Å². The van der Waals surface area contributed by atoms with Crippen LogP contribution in [-0.4, -0.2) is 12.8 Å². The third kappa shape index (κ3) is 3.71. The molecule has 56 valence electrons. The molecule has 0 aromatic carbocycles. The molecule has 0 rings (SSSR count). The van der Waals surface area contributed by atoms with Crippen LogP contribution in [0.3, 0.4) is 0 Å². The van der Waals surface area contributed by atoms with Crippen molar-refractivity contribution in [1.82, 2.24) is 0 Å². The van der Waals surface area contributed by atoms with Gasteiger partial charge >= 0.3 is 0 Å². The predicted molar refractivity (Wildman–Crippen MR) is 48.2 cm³/mol. The molecule has 0 spiro atoms. The summed E-state index contributed by atoms with van der Waals surface area (Å²) >= 11 is 17.3. The molecule has 4 heteroatoms. The quantitative estimate of drug-likeness (QED) is 0.377. The summed E-state index contributed by atoms with van der Waals surface area (Å²) in [6, 6.07) is 0. The van der Waals surface area contributed by atoms with Gasteiger partial charge in [0.15, 0.2) is 0 Å². The van der Waals surface area contributed by atoms with Gasteiger partial charge in [-0.2, -0.15) is 0 Å². The summed E-state index contributed by atoms with van der Waals surface area (Å²) in [6.45, 7) is 4.05. The van der Waals surface area contributed by atoms with Crippen molar-refractivity contribution in [3.63, 3.8) is 0 Å². The molecule has 0 aliphatic rings. The van der Waals surface area contributed by atoms with E-state index < -0.39 is 7.42 Å². The van der Waals surface area contributed by atoms with Crippen LogP contribution < -0.4 is 0 Å². The zero-order valence-electron chi connectivity index (χ0n) is 5.57. The first-order valence-electron chi connectivity index (χ1n) is 3.01. The van der Waals surface area contributed by atoms with E-state index in [-0.39, 0.29) is 5.38 Å². The van der Waals surface area contributed by atoms with Gasteiger partial charge in [0.25, 0.3) is 0 Å². The molecule has 0 heterocycles. The molecule has 0 aromatic rings. The average molecular weight is 206 g/mol. The first-order chi connectivity index (χ1) is 4.09. The standard InChI is InChI=1S/C5H11Cl3Si/c1-3-5(6)4(2)9(7)8/h4-5,9H,3H2,1-2H3. The van der Waals surface area contributed by atoms with Gasteiger partial charge in [0.2, 0.25) is 7.42 Å². The molecule has 0 saturated carbocycles. The molecular weight excluding hydrogens is 194 g/mol. The second kappa shape index (κ2) is 4.83. The van der Waals surface area contributed by atoms with Crippen molar-refractivity contribution in [2.75, 3.05) is 0 Å². The second-order valence-electron chi connectivity index (χ2n) is 2.12. The molecule has 0 N–H and O–H groups in total. The first-order valence-corrected chi connectivity index (χ1v) is 7.61. The van der Waals surface area contributed by atoms with Crippen molar-refractivity contribution in [2.45, 2.75) is 31.2 Å². The summed E-state index contributed by atoms with van der Waals surface area (Å²) in [7, 11) is -1.53. The molecule has 0 nitrogen and oxygen atoms in total. The lowest BCUT2D eigenvalue weighted by Crippen LogP contribution is -2.14. The maximum atomic E-state index is 5.88. The monoisotopic (exact) mass is 204 g/mol. The molecular formula is C5H11Cl3Si. The van der Waals surface area contributed by atoms with Crippen LogP contribution >= 0.6 is 33.8 Å². The summed E-state index contributed by atoms with van der Waals surface area (Å²) < 4.78 is 0. The number of hydrogen-bond acceptors (Lipinski definition) is 0. The van der Waals surface area contributed by atoms with Crippen LogP contribution in [-0.2, 0) is 0 Å². The Morgan fingerprint density at radius 3 is 2.00 bits per heavy atom. The molecule has 0 bridgehead atoms. The van der Waals surface area contributed by atoms with Crippen molar-refractivity contribution in [1.29, 1.82) is 0 Å². The van der Waals surface area contributed by atoms with Gasteiger partial charge < -0.3 is 0 Å². The van der Waals surface area contributed by atoms with Crippen LogP contribution in [0.25, 0.3) is 0 Å². The Bertz CT molecular complexity index is 76.6. The molecule has 0 radical (unpaired) electrons. The number of alkyl halides is 1. The summed E-state index contributed by atoms with van der Waals surface area (Å²) in [4.78, 5) is 0. The Kier molecular flexibility index (Phi) is 5.42. The van der Waals surface area contributed by atoms with E-state index in [1.807, 2.05) is 13.8 Å². The predicted octanol–water partition coefficient (Wildman–Crippen LogP) is 3.09. The molecule has 0 amide bonds. The van der Waals surface area contributed by atoms with E-state index in [0.717, 1.165) is 6.42 Å². The lowest BCUT2D eigenvalue weighted by Gasteiger charge is -2.14. The van der Waals surface area contributed by atoms with Crippen LogP contribution in [0.5, 0.6) is 0 Å². The highest BCUT2D eigenvalue weighted by Gasteiger charge is 2.20. The minimum Gasteiger partial charge on any atom is -0.150 e. The first kappa shape index (κ1) is 10.1. The summed E-state index contributed by atoms with van der Waals surface area (Å²) in [5, 5.41) is 0.164. The van der Waals surface area contributed by atoms with Gasteiger partial charge in [0.05, 0.1) is 0 Å². The minimum absolute atomic E-state index is 0.164. The van der Waals surface area contributed by atoms with Crippen molar-refractivity contribution < 1.29 is 0 Å². The minimum atomic E-state index is -1.53. The second-order valence-corrected chi connectivity index (χ2v) is 7.89. The number of hydrogen-bond donors (Lipinski definition) is 0. The maximum absolute atomic E-state index is 5.88. The van der Waals surface area contributed by atoms with E-state index in [0.29, 0.717) is 5.54 Å². The Balaban J connectivity index is 3.58.